The van der Waals surface area contributed by atoms with Crippen molar-refractivity contribution in [3.8, 4) is 23.0 Å². The first-order valence-corrected chi connectivity index (χ1v) is 25.1. The zero-order valence-corrected chi connectivity index (χ0v) is 41.5. The second kappa shape index (κ2) is 21.8. The first-order chi connectivity index (χ1) is 35.0. The maximum Gasteiger partial charge on any atom is 0.270 e. The number of phenols is 1. The molecule has 4 aliphatic rings. The number of anilines is 2. The molecule has 2 amide bonds. The fourth-order valence-electron chi connectivity index (χ4n) is 8.63. The van der Waals surface area contributed by atoms with Gasteiger partial charge in [0.05, 0.1) is 71.5 Å². The van der Waals surface area contributed by atoms with Gasteiger partial charge in [0, 0.05) is 84.8 Å². The quantitative estimate of drug-likeness (QED) is 0.0520. The lowest BCUT2D eigenvalue weighted by Gasteiger charge is -2.22. The summed E-state index contributed by atoms with van der Waals surface area (Å²) in [5.74, 6) is 0.978. The van der Waals surface area contributed by atoms with Gasteiger partial charge in [-0.2, -0.15) is 8.42 Å². The average Bonchev–Trinajstić information content (AvgIpc) is 3.88. The summed E-state index contributed by atoms with van der Waals surface area (Å²) in [5, 5.41) is 31.7. The number of non-ortho nitro benzene ring substituents is 2. The van der Waals surface area contributed by atoms with E-state index in [0.717, 1.165) is 35.2 Å². The number of phenolic OH excluding ortho intramolecular Hbond substituents is 1. The number of fused-ring (bicyclic) bond motifs is 8. The molecule has 0 radical (unpaired) electrons. The van der Waals surface area contributed by atoms with E-state index in [1.54, 1.807) is 52.6 Å². The molecule has 0 aromatic heterocycles. The molecule has 0 saturated heterocycles. The van der Waals surface area contributed by atoms with Crippen LogP contribution < -0.4 is 24.0 Å². The Bertz CT molecular complexity index is 3350. The van der Waals surface area contributed by atoms with E-state index < -0.39 is 20.0 Å². The minimum Gasteiger partial charge on any atom is -0.504 e. The van der Waals surface area contributed by atoms with Crippen molar-refractivity contribution in [1.82, 2.24) is 0 Å². The Kier molecular flexibility index (Phi) is 15.4. The SMILES string of the molecule is COc1cc2c(cc1O)N=C[C@@H]1Cc3ccccc3N1C2=O.COc1cc2c(cc1OCc1cc(CCl)cc([N+](=O)[O-])c1)N=C[C@@H]1Cc3ccccc3N1C2=O.CS(=O)(=O)OCc1cc(CCl)cc([N+](=O)[O-])c1. The van der Waals surface area contributed by atoms with Gasteiger partial charge in [-0.15, -0.1) is 23.2 Å². The standard InChI is InChI=1S/C25H20ClN3O5.C17H14N2O3.C9H10ClNO5S/c1-33-23-10-20-21(27-13-19-9-17-4-2-3-5-22(17)28(19)25(20)30)11-24(23)34-14-16-6-15(12-26)7-18(8-16)29(31)32;1-22-16-7-12-13(8-15(16)20)18-9-11-6-10-4-2-3-5-14(10)19(11)17(12)21;1-17(14,15)16-6-8-2-7(5-10)3-9(4-8)11(12)13/h2-8,10-11,13,19H,9,12,14H2,1H3;2-5,7-9,11,20H,6H2,1H3;2-4H,5-6H2,1H3/t19-;11-;/m00./s1. The summed E-state index contributed by atoms with van der Waals surface area (Å²) in [4.78, 5) is 59.8. The van der Waals surface area contributed by atoms with Crippen molar-refractivity contribution in [2.45, 2.75) is 49.9 Å². The number of nitro benzene ring substituents is 2. The second-order valence-electron chi connectivity index (χ2n) is 16.8. The third-order valence-corrected chi connectivity index (χ3v) is 13.1. The van der Waals surface area contributed by atoms with Crippen LogP contribution in [0.2, 0.25) is 0 Å². The lowest BCUT2D eigenvalue weighted by Crippen LogP contribution is -2.37. The number of aliphatic imine (C=N–C) groups is 2. The summed E-state index contributed by atoms with van der Waals surface area (Å²) in [6.07, 6.45) is 5.92. The van der Waals surface area contributed by atoms with Crippen molar-refractivity contribution >= 4 is 91.7 Å². The number of carbonyl (C=O) groups is 2. The Hall–Kier alpha value is -7.91. The number of para-hydroxylation sites is 2. The highest BCUT2D eigenvalue weighted by atomic mass is 35.5. The molecule has 0 fully saturated rings. The highest BCUT2D eigenvalue weighted by Gasteiger charge is 2.38. The van der Waals surface area contributed by atoms with Crippen molar-refractivity contribution in [3.05, 3.63) is 174 Å². The Balaban J connectivity index is 0.000000157. The lowest BCUT2D eigenvalue weighted by molar-refractivity contribution is -0.385. The Morgan fingerprint density at radius 1 is 0.644 bits per heavy atom. The number of aromatic hydroxyl groups is 1. The molecule has 0 aliphatic carbocycles. The third kappa shape index (κ3) is 11.4. The van der Waals surface area contributed by atoms with Crippen LogP contribution in [0.1, 0.15) is 54.1 Å². The van der Waals surface area contributed by atoms with Gasteiger partial charge in [-0.25, -0.2) is 0 Å². The fraction of sp³-hybridized carbons (Fsp3) is 0.216. The average molecular weight is 1050 g/mol. The highest BCUT2D eigenvalue weighted by Crippen LogP contribution is 2.42. The highest BCUT2D eigenvalue weighted by molar-refractivity contribution is 7.85. The molecule has 19 nitrogen and oxygen atoms in total. The molecule has 4 heterocycles. The number of amides is 2. The van der Waals surface area contributed by atoms with E-state index in [1.165, 1.54) is 44.6 Å². The molecule has 73 heavy (non-hydrogen) atoms. The summed E-state index contributed by atoms with van der Waals surface area (Å²) in [5.41, 5.74) is 7.80. The molecule has 4 aliphatic heterocycles. The molecule has 6 aromatic carbocycles. The van der Waals surface area contributed by atoms with Crippen LogP contribution in [0.15, 0.2) is 119 Å². The Morgan fingerprint density at radius 2 is 1.10 bits per heavy atom. The summed E-state index contributed by atoms with van der Waals surface area (Å²) < 4.78 is 42.7. The number of nitro groups is 2. The number of methoxy groups -OCH3 is 2. The van der Waals surface area contributed by atoms with Crippen LogP contribution in [0, 0.1) is 20.2 Å². The van der Waals surface area contributed by atoms with Gasteiger partial charge in [-0.05, 0) is 57.6 Å². The number of carbonyl (C=O) groups excluding carboxylic acids is 2. The van der Waals surface area contributed by atoms with Gasteiger partial charge in [0.2, 0.25) is 0 Å². The van der Waals surface area contributed by atoms with Crippen molar-refractivity contribution in [3.63, 3.8) is 0 Å². The maximum absolute atomic E-state index is 13.5. The molecule has 376 valence electrons. The molecule has 22 heteroatoms. The molecular formula is C51H44Cl2N6O13S. The molecule has 10 rings (SSSR count). The van der Waals surface area contributed by atoms with E-state index in [4.69, 9.17) is 37.4 Å². The number of rotatable bonds is 12. The van der Waals surface area contributed by atoms with E-state index in [1.807, 2.05) is 48.5 Å². The van der Waals surface area contributed by atoms with Gasteiger partial charge >= 0.3 is 0 Å². The summed E-state index contributed by atoms with van der Waals surface area (Å²) in [6, 6.07) is 30.6. The van der Waals surface area contributed by atoms with Crippen LogP contribution in [-0.2, 0) is 52.1 Å². The third-order valence-electron chi connectivity index (χ3n) is 11.9. The van der Waals surface area contributed by atoms with Crippen molar-refractivity contribution in [2.24, 2.45) is 9.98 Å². The first kappa shape index (κ1) is 51.4. The van der Waals surface area contributed by atoms with Gasteiger partial charge in [0.1, 0.15) is 6.61 Å². The smallest absolute Gasteiger partial charge is 0.270 e. The van der Waals surface area contributed by atoms with Crippen LogP contribution in [0.4, 0.5) is 34.1 Å². The summed E-state index contributed by atoms with van der Waals surface area (Å²) >= 11 is 11.5. The topological polar surface area (TPSA) is 243 Å². The lowest BCUT2D eigenvalue weighted by atomic mass is 10.1. The van der Waals surface area contributed by atoms with E-state index in [2.05, 4.69) is 14.2 Å². The zero-order chi connectivity index (χ0) is 52.1. The minimum atomic E-state index is -3.58. The Morgan fingerprint density at radius 3 is 1.56 bits per heavy atom. The van der Waals surface area contributed by atoms with E-state index in [-0.39, 0.29) is 71.7 Å². The number of halogens is 2. The minimum absolute atomic E-state index is 0.0198. The Labute approximate surface area is 428 Å². The van der Waals surface area contributed by atoms with Gasteiger partial charge in [0.15, 0.2) is 23.0 Å². The van der Waals surface area contributed by atoms with Gasteiger partial charge in [0.25, 0.3) is 33.3 Å². The van der Waals surface area contributed by atoms with E-state index in [0.29, 0.717) is 62.7 Å². The molecule has 0 unspecified atom stereocenters. The van der Waals surface area contributed by atoms with E-state index in [9.17, 15) is 43.3 Å². The molecule has 0 spiro atoms. The van der Waals surface area contributed by atoms with Crippen molar-refractivity contribution < 1.29 is 51.4 Å². The zero-order valence-electron chi connectivity index (χ0n) is 39.1. The molecule has 6 aromatic rings. The number of benzene rings is 6. The van der Waals surface area contributed by atoms with E-state index >= 15 is 0 Å². The predicted octanol–water partition coefficient (Wildman–Crippen LogP) is 9.71. The molecule has 1 N–H and O–H groups in total. The van der Waals surface area contributed by atoms with Crippen LogP contribution >= 0.6 is 23.2 Å². The molecule has 2 atom stereocenters. The molecule has 0 bridgehead atoms. The van der Waals surface area contributed by atoms with Gasteiger partial charge in [-0.1, -0.05) is 48.5 Å². The fourth-order valence-corrected chi connectivity index (χ4v) is 9.29. The maximum atomic E-state index is 13.5. The first-order valence-electron chi connectivity index (χ1n) is 22.2. The summed E-state index contributed by atoms with van der Waals surface area (Å²) in [6.45, 7) is -0.190. The number of nitrogens with zero attached hydrogens (tertiary/aromatic N) is 6. The van der Waals surface area contributed by atoms with Gasteiger partial charge < -0.3 is 19.3 Å². The van der Waals surface area contributed by atoms with Crippen LogP contribution in [0.3, 0.4) is 0 Å². The number of alkyl halides is 2. The number of hydrogen-bond acceptors (Lipinski definition) is 15. The molecular weight excluding hydrogens is 1010 g/mol. The largest absolute Gasteiger partial charge is 0.504 e. The monoisotopic (exact) mass is 1050 g/mol. The van der Waals surface area contributed by atoms with Crippen LogP contribution in [0.5, 0.6) is 23.0 Å². The van der Waals surface area contributed by atoms with Crippen molar-refractivity contribution in [1.29, 1.82) is 0 Å². The summed E-state index contributed by atoms with van der Waals surface area (Å²) in [7, 11) is -0.628. The predicted molar refractivity (Wildman–Crippen MR) is 275 cm³/mol. The van der Waals surface area contributed by atoms with Crippen LogP contribution in [0.25, 0.3) is 0 Å². The number of hydrogen-bond donors (Lipinski definition) is 1. The number of ether oxygens (including phenoxy) is 3. The van der Waals surface area contributed by atoms with Gasteiger partial charge in [-0.3, -0.25) is 53.8 Å². The normalized spacial score (nSPS) is 15.6. The second-order valence-corrected chi connectivity index (χ2v) is 19.0. The molecule has 0 saturated carbocycles. The van der Waals surface area contributed by atoms with Crippen molar-refractivity contribution in [2.75, 3.05) is 30.3 Å². The van der Waals surface area contributed by atoms with Crippen LogP contribution in [-0.4, -0.2) is 80.2 Å².